The zero-order chi connectivity index (χ0) is 29.7. The molecular formula is C30H29N5O6. The number of ether oxygens (including phenoxy) is 3. The molecule has 0 N–H and O–H groups in total. The highest BCUT2D eigenvalue weighted by atomic mass is 16.6. The van der Waals surface area contributed by atoms with Gasteiger partial charge in [0.25, 0.3) is 5.56 Å². The van der Waals surface area contributed by atoms with Gasteiger partial charge in [0.1, 0.15) is 11.8 Å². The number of nitrogens with zero attached hydrogens (tertiary/aromatic N) is 5. The number of nitro groups is 1. The van der Waals surface area contributed by atoms with Gasteiger partial charge >= 0.3 is 5.69 Å². The minimum Gasteiger partial charge on any atom is -0.494 e. The van der Waals surface area contributed by atoms with E-state index in [1.807, 2.05) is 26.0 Å². The van der Waals surface area contributed by atoms with Crippen LogP contribution in [0.1, 0.15) is 43.4 Å². The van der Waals surface area contributed by atoms with Crippen LogP contribution in [0.5, 0.6) is 17.2 Å². The van der Waals surface area contributed by atoms with Gasteiger partial charge in [0, 0.05) is 17.2 Å². The molecule has 210 valence electrons. The summed E-state index contributed by atoms with van der Waals surface area (Å²) in [7, 11) is 1.33. The average Bonchev–Trinajstić information content (AvgIpc) is 2.95. The standard InChI is InChI=1S/C30H29N5O6/c1-6-40-26-13-19(4)23(16-22(26)18(2)3)29-33-24-10-8-7-9-21(24)30(36)34(29)32-17-20-14-25(35(37)38)28(41-12-11-31)27(15-20)39-5/h7-10,13-18H,6,12H2,1-5H3. The highest BCUT2D eigenvalue weighted by molar-refractivity contribution is 5.84. The predicted molar refractivity (Wildman–Crippen MR) is 155 cm³/mol. The lowest BCUT2D eigenvalue weighted by atomic mass is 9.96. The molecule has 0 aliphatic heterocycles. The quantitative estimate of drug-likeness (QED) is 0.140. The molecule has 11 nitrogen and oxygen atoms in total. The molecular weight excluding hydrogens is 526 g/mol. The summed E-state index contributed by atoms with van der Waals surface area (Å²) in [4.78, 5) is 29.7. The number of nitro benzene ring substituents is 1. The van der Waals surface area contributed by atoms with Crippen LogP contribution in [0.2, 0.25) is 0 Å². The van der Waals surface area contributed by atoms with Crippen molar-refractivity contribution in [1.82, 2.24) is 9.66 Å². The van der Waals surface area contributed by atoms with Gasteiger partial charge in [-0.2, -0.15) is 15.0 Å². The van der Waals surface area contributed by atoms with Crippen LogP contribution in [0.3, 0.4) is 0 Å². The van der Waals surface area contributed by atoms with Crippen LogP contribution < -0.4 is 19.8 Å². The van der Waals surface area contributed by atoms with E-state index in [9.17, 15) is 14.9 Å². The maximum absolute atomic E-state index is 13.7. The summed E-state index contributed by atoms with van der Waals surface area (Å²) >= 11 is 0. The molecule has 4 aromatic rings. The normalized spacial score (nSPS) is 11.1. The highest BCUT2D eigenvalue weighted by Crippen LogP contribution is 2.38. The zero-order valence-corrected chi connectivity index (χ0v) is 23.4. The molecule has 41 heavy (non-hydrogen) atoms. The van der Waals surface area contributed by atoms with Crippen LogP contribution in [0.25, 0.3) is 22.3 Å². The Bertz CT molecular complexity index is 1750. The number of methoxy groups -OCH3 is 1. The maximum Gasteiger partial charge on any atom is 0.315 e. The van der Waals surface area contributed by atoms with Crippen molar-refractivity contribution in [2.24, 2.45) is 5.10 Å². The van der Waals surface area contributed by atoms with Gasteiger partial charge in [-0.1, -0.05) is 26.0 Å². The Morgan fingerprint density at radius 2 is 1.93 bits per heavy atom. The van der Waals surface area contributed by atoms with Gasteiger partial charge in [-0.3, -0.25) is 14.9 Å². The van der Waals surface area contributed by atoms with Crippen molar-refractivity contribution in [1.29, 1.82) is 5.26 Å². The molecule has 0 atom stereocenters. The van der Waals surface area contributed by atoms with Gasteiger partial charge in [-0.05, 0) is 61.2 Å². The van der Waals surface area contributed by atoms with E-state index in [-0.39, 0.29) is 23.0 Å². The third kappa shape index (κ3) is 5.86. The Morgan fingerprint density at radius 3 is 2.59 bits per heavy atom. The molecule has 3 aromatic carbocycles. The van der Waals surface area contributed by atoms with E-state index in [1.165, 1.54) is 30.1 Å². The summed E-state index contributed by atoms with van der Waals surface area (Å²) in [5.74, 6) is 1.08. The molecule has 11 heteroatoms. The van der Waals surface area contributed by atoms with Crippen molar-refractivity contribution >= 4 is 22.8 Å². The van der Waals surface area contributed by atoms with Gasteiger partial charge in [0.2, 0.25) is 5.75 Å². The number of benzene rings is 3. The summed E-state index contributed by atoms with van der Waals surface area (Å²) < 4.78 is 17.6. The third-order valence-electron chi connectivity index (χ3n) is 6.35. The van der Waals surface area contributed by atoms with Crippen molar-refractivity contribution < 1.29 is 19.1 Å². The second kappa shape index (κ2) is 12.3. The van der Waals surface area contributed by atoms with Crippen molar-refractivity contribution in [3.63, 3.8) is 0 Å². The van der Waals surface area contributed by atoms with Gasteiger partial charge in [-0.15, -0.1) is 0 Å². The van der Waals surface area contributed by atoms with Crippen LogP contribution in [-0.4, -0.2) is 41.1 Å². The van der Waals surface area contributed by atoms with E-state index >= 15 is 0 Å². The number of aryl methyl sites for hydroxylation is 1. The second-order valence-corrected chi connectivity index (χ2v) is 9.38. The Hall–Kier alpha value is -5.24. The van der Waals surface area contributed by atoms with Crippen molar-refractivity contribution in [2.75, 3.05) is 20.3 Å². The molecule has 0 unspecified atom stereocenters. The van der Waals surface area contributed by atoms with Crippen LogP contribution in [0.15, 0.2) is 58.4 Å². The third-order valence-corrected chi connectivity index (χ3v) is 6.35. The summed E-state index contributed by atoms with van der Waals surface area (Å²) in [5, 5.41) is 25.5. The van der Waals surface area contributed by atoms with Gasteiger partial charge in [0.15, 0.2) is 18.2 Å². The van der Waals surface area contributed by atoms with E-state index in [4.69, 9.17) is 24.5 Å². The molecule has 1 aromatic heterocycles. The van der Waals surface area contributed by atoms with E-state index in [1.54, 1.807) is 30.3 Å². The lowest BCUT2D eigenvalue weighted by molar-refractivity contribution is -0.385. The molecule has 0 radical (unpaired) electrons. The van der Waals surface area contributed by atoms with Gasteiger partial charge in [-0.25, -0.2) is 4.98 Å². The minimum atomic E-state index is -0.640. The van der Waals surface area contributed by atoms with Crippen molar-refractivity contribution in [2.45, 2.75) is 33.6 Å². The number of para-hydroxylation sites is 1. The fraction of sp³-hybridized carbons (Fsp3) is 0.267. The summed E-state index contributed by atoms with van der Waals surface area (Å²) in [6.07, 6.45) is 1.32. The summed E-state index contributed by atoms with van der Waals surface area (Å²) in [5.41, 5.74) is 2.45. The summed E-state index contributed by atoms with van der Waals surface area (Å²) in [6.45, 7) is 8.06. The Morgan fingerprint density at radius 1 is 1.17 bits per heavy atom. The molecule has 0 bridgehead atoms. The number of nitriles is 1. The van der Waals surface area contributed by atoms with E-state index < -0.39 is 22.8 Å². The molecule has 0 amide bonds. The van der Waals surface area contributed by atoms with E-state index in [0.717, 1.165) is 16.9 Å². The highest BCUT2D eigenvalue weighted by Gasteiger charge is 2.23. The zero-order valence-electron chi connectivity index (χ0n) is 23.4. The molecule has 1 heterocycles. The molecule has 0 aliphatic rings. The Labute approximate surface area is 236 Å². The maximum atomic E-state index is 13.7. The first-order valence-corrected chi connectivity index (χ1v) is 12.9. The molecule has 0 saturated heterocycles. The molecule has 0 aliphatic carbocycles. The van der Waals surface area contributed by atoms with Crippen LogP contribution >= 0.6 is 0 Å². The first-order chi connectivity index (χ1) is 19.7. The van der Waals surface area contributed by atoms with Gasteiger partial charge < -0.3 is 14.2 Å². The van der Waals surface area contributed by atoms with Crippen molar-refractivity contribution in [3.05, 3.63) is 85.7 Å². The van der Waals surface area contributed by atoms with E-state index in [2.05, 4.69) is 18.9 Å². The molecule has 4 rings (SSSR count). The number of hydrogen-bond donors (Lipinski definition) is 0. The topological polar surface area (TPSA) is 142 Å². The second-order valence-electron chi connectivity index (χ2n) is 9.38. The first-order valence-electron chi connectivity index (χ1n) is 12.9. The fourth-order valence-corrected chi connectivity index (χ4v) is 4.42. The number of rotatable bonds is 10. The number of fused-ring (bicyclic) bond motifs is 1. The lowest BCUT2D eigenvalue weighted by Crippen LogP contribution is -2.21. The van der Waals surface area contributed by atoms with Crippen molar-refractivity contribution in [3.8, 4) is 34.7 Å². The molecule has 0 fully saturated rings. The van der Waals surface area contributed by atoms with E-state index in [0.29, 0.717) is 28.9 Å². The largest absolute Gasteiger partial charge is 0.494 e. The minimum absolute atomic E-state index is 0.0454. The number of aromatic nitrogens is 2. The predicted octanol–water partition coefficient (Wildman–Crippen LogP) is 5.60. The van der Waals surface area contributed by atoms with Crippen LogP contribution in [0, 0.1) is 28.4 Å². The average molecular weight is 556 g/mol. The van der Waals surface area contributed by atoms with Crippen LogP contribution in [-0.2, 0) is 0 Å². The lowest BCUT2D eigenvalue weighted by Gasteiger charge is -2.18. The SMILES string of the molecule is CCOc1cc(C)c(-c2nc3ccccc3c(=O)n2N=Cc2cc(OC)c(OCC#N)c([N+](=O)[O-])c2)cc1C(C)C. The summed E-state index contributed by atoms with van der Waals surface area (Å²) in [6, 6.07) is 15.4. The number of hydrogen-bond acceptors (Lipinski definition) is 9. The molecule has 0 spiro atoms. The monoisotopic (exact) mass is 555 g/mol. The van der Waals surface area contributed by atoms with Gasteiger partial charge in [0.05, 0.1) is 35.8 Å². The first kappa shape index (κ1) is 28.8. The fourth-order valence-electron chi connectivity index (χ4n) is 4.42. The smallest absolute Gasteiger partial charge is 0.315 e. The van der Waals surface area contributed by atoms with Crippen LogP contribution in [0.4, 0.5) is 5.69 Å². The Kier molecular flexibility index (Phi) is 8.63. The Balaban J connectivity index is 1.95. The molecule has 0 saturated carbocycles.